The molecule has 0 aliphatic carbocycles. The Balaban J connectivity index is 1.87. The summed E-state index contributed by atoms with van der Waals surface area (Å²) in [5, 5.41) is 14.0. The Morgan fingerprint density at radius 2 is 1.91 bits per heavy atom. The minimum atomic E-state index is 0.316. The van der Waals surface area contributed by atoms with Gasteiger partial charge in [-0.3, -0.25) is 0 Å². The number of aromatic hydroxyl groups is 1. The third-order valence-corrected chi connectivity index (χ3v) is 4.96. The lowest BCUT2D eigenvalue weighted by atomic mass is 10.1. The molecule has 0 atom stereocenters. The van der Waals surface area contributed by atoms with Crippen LogP contribution in [0.5, 0.6) is 5.75 Å². The molecule has 0 amide bonds. The van der Waals surface area contributed by atoms with E-state index in [2.05, 4.69) is 23.1 Å². The van der Waals surface area contributed by atoms with Crippen LogP contribution in [0.25, 0.3) is 22.2 Å². The number of aromatic nitrogens is 2. The summed E-state index contributed by atoms with van der Waals surface area (Å²) in [6, 6.07) is 7.92. The van der Waals surface area contributed by atoms with Crippen LogP contribution in [0, 0.1) is 13.8 Å². The first kappa shape index (κ1) is 15.7. The molecule has 0 saturated heterocycles. The molecule has 0 aliphatic heterocycles. The zero-order valence-corrected chi connectivity index (χ0v) is 14.4. The van der Waals surface area contributed by atoms with E-state index < -0.39 is 0 Å². The van der Waals surface area contributed by atoms with Gasteiger partial charge in [0.2, 0.25) is 5.82 Å². The van der Waals surface area contributed by atoms with E-state index in [1.54, 1.807) is 11.3 Å². The average Bonchev–Trinajstić information content (AvgIpc) is 3.18. The first-order valence-corrected chi connectivity index (χ1v) is 8.63. The second-order valence-electron chi connectivity index (χ2n) is 5.75. The monoisotopic (exact) mass is 328 g/mol. The molecule has 4 nitrogen and oxygen atoms in total. The minimum absolute atomic E-state index is 0.316. The van der Waals surface area contributed by atoms with Crippen molar-refractivity contribution in [3.63, 3.8) is 0 Å². The maximum Gasteiger partial charge on any atom is 0.268 e. The van der Waals surface area contributed by atoms with Crippen LogP contribution in [0.2, 0.25) is 0 Å². The van der Waals surface area contributed by atoms with Crippen molar-refractivity contribution in [2.45, 2.75) is 40.0 Å². The number of benzene rings is 1. The summed E-state index contributed by atoms with van der Waals surface area (Å²) in [6.45, 7) is 5.93. The Morgan fingerprint density at radius 3 is 2.61 bits per heavy atom. The maximum absolute atomic E-state index is 9.87. The van der Waals surface area contributed by atoms with Crippen molar-refractivity contribution < 1.29 is 9.63 Å². The van der Waals surface area contributed by atoms with Crippen LogP contribution in [-0.4, -0.2) is 15.2 Å². The van der Waals surface area contributed by atoms with E-state index in [0.717, 1.165) is 28.0 Å². The molecule has 0 unspecified atom stereocenters. The van der Waals surface area contributed by atoms with Gasteiger partial charge in [0.1, 0.15) is 5.75 Å². The standard InChI is InChI=1S/C18H20N2O2S/c1-4-5-6-14-7-8-15(23-14)18-19-17(20-22-18)13-9-11(2)16(21)12(3)10-13/h7-10,21H,4-6H2,1-3H3. The SMILES string of the molecule is CCCCc1ccc(-c2nc(-c3cc(C)c(O)c(C)c3)no2)s1. The Kier molecular flexibility index (Phi) is 4.48. The predicted octanol–water partition coefficient (Wildman–Crippen LogP) is 5.13. The quantitative estimate of drug-likeness (QED) is 0.705. The zero-order chi connectivity index (χ0) is 16.4. The van der Waals surface area contributed by atoms with Crippen molar-refractivity contribution in [1.82, 2.24) is 10.1 Å². The van der Waals surface area contributed by atoms with Gasteiger partial charge in [-0.05, 0) is 62.1 Å². The van der Waals surface area contributed by atoms with Crippen molar-refractivity contribution in [1.29, 1.82) is 0 Å². The predicted molar refractivity (Wildman–Crippen MR) is 92.8 cm³/mol. The van der Waals surface area contributed by atoms with Gasteiger partial charge in [-0.2, -0.15) is 4.98 Å². The third kappa shape index (κ3) is 3.29. The number of aryl methyl sites for hydroxylation is 3. The van der Waals surface area contributed by atoms with Crippen LogP contribution in [0.15, 0.2) is 28.8 Å². The fourth-order valence-electron chi connectivity index (χ4n) is 2.50. The highest BCUT2D eigenvalue weighted by Gasteiger charge is 2.14. The molecule has 3 aromatic rings. The molecule has 0 bridgehead atoms. The second-order valence-corrected chi connectivity index (χ2v) is 6.92. The molecule has 0 fully saturated rings. The normalized spacial score (nSPS) is 11.1. The average molecular weight is 328 g/mol. The molecule has 0 saturated carbocycles. The second kappa shape index (κ2) is 6.54. The molecular weight excluding hydrogens is 308 g/mol. The maximum atomic E-state index is 9.87. The third-order valence-electron chi connectivity index (χ3n) is 3.82. The van der Waals surface area contributed by atoms with Crippen LogP contribution in [-0.2, 0) is 6.42 Å². The number of phenols is 1. The number of nitrogens with zero attached hydrogens (tertiary/aromatic N) is 2. The molecule has 1 aromatic carbocycles. The number of unbranched alkanes of at least 4 members (excludes halogenated alkanes) is 1. The summed E-state index contributed by atoms with van der Waals surface area (Å²) >= 11 is 1.71. The Bertz CT molecular complexity index is 797. The first-order valence-electron chi connectivity index (χ1n) is 7.82. The molecule has 1 N–H and O–H groups in total. The highest BCUT2D eigenvalue weighted by Crippen LogP contribution is 2.31. The van der Waals surface area contributed by atoms with E-state index >= 15 is 0 Å². The van der Waals surface area contributed by atoms with Gasteiger partial charge in [0.25, 0.3) is 5.89 Å². The Labute approximate surface area is 139 Å². The molecule has 0 aliphatic rings. The van der Waals surface area contributed by atoms with E-state index in [1.807, 2.05) is 32.0 Å². The number of rotatable bonds is 5. The van der Waals surface area contributed by atoms with E-state index in [9.17, 15) is 5.11 Å². The summed E-state index contributed by atoms with van der Waals surface area (Å²) in [5.41, 5.74) is 2.48. The summed E-state index contributed by atoms with van der Waals surface area (Å²) < 4.78 is 5.42. The number of hydrogen-bond donors (Lipinski definition) is 1. The van der Waals surface area contributed by atoms with Gasteiger partial charge in [-0.25, -0.2) is 0 Å². The van der Waals surface area contributed by atoms with Gasteiger partial charge in [0.05, 0.1) is 4.88 Å². The largest absolute Gasteiger partial charge is 0.507 e. The van der Waals surface area contributed by atoms with Crippen molar-refractivity contribution in [2.75, 3.05) is 0 Å². The lowest BCUT2D eigenvalue weighted by Crippen LogP contribution is -1.86. The number of hydrogen-bond acceptors (Lipinski definition) is 5. The van der Waals surface area contributed by atoms with Gasteiger partial charge >= 0.3 is 0 Å². The molecule has 2 heterocycles. The van der Waals surface area contributed by atoms with Crippen LogP contribution >= 0.6 is 11.3 Å². The van der Waals surface area contributed by atoms with Crippen LogP contribution < -0.4 is 0 Å². The Hall–Kier alpha value is -2.14. The van der Waals surface area contributed by atoms with Gasteiger partial charge in [-0.15, -0.1) is 11.3 Å². The summed E-state index contributed by atoms with van der Waals surface area (Å²) in [5.74, 6) is 1.42. The minimum Gasteiger partial charge on any atom is -0.507 e. The van der Waals surface area contributed by atoms with Crippen molar-refractivity contribution in [3.8, 4) is 27.9 Å². The summed E-state index contributed by atoms with van der Waals surface area (Å²) in [7, 11) is 0. The molecular formula is C18H20N2O2S. The molecule has 0 radical (unpaired) electrons. The lowest BCUT2D eigenvalue weighted by molar-refractivity contribution is 0.433. The number of thiophene rings is 1. The van der Waals surface area contributed by atoms with Crippen LogP contribution in [0.4, 0.5) is 0 Å². The zero-order valence-electron chi connectivity index (χ0n) is 13.6. The smallest absolute Gasteiger partial charge is 0.268 e. The topological polar surface area (TPSA) is 59.2 Å². The summed E-state index contributed by atoms with van der Waals surface area (Å²) in [6.07, 6.45) is 3.48. The number of phenolic OH excluding ortho intramolecular Hbond substituents is 1. The van der Waals surface area contributed by atoms with Gasteiger partial charge in [-0.1, -0.05) is 18.5 Å². The molecule has 5 heteroatoms. The van der Waals surface area contributed by atoms with Crippen LogP contribution in [0.3, 0.4) is 0 Å². The van der Waals surface area contributed by atoms with Crippen molar-refractivity contribution in [2.24, 2.45) is 0 Å². The van der Waals surface area contributed by atoms with E-state index in [0.29, 0.717) is 17.5 Å². The van der Waals surface area contributed by atoms with Crippen LogP contribution in [0.1, 0.15) is 35.8 Å². The highest BCUT2D eigenvalue weighted by molar-refractivity contribution is 7.15. The molecule has 2 aromatic heterocycles. The molecule has 3 rings (SSSR count). The fourth-order valence-corrected chi connectivity index (χ4v) is 3.48. The lowest BCUT2D eigenvalue weighted by Gasteiger charge is -2.04. The van der Waals surface area contributed by atoms with Crippen molar-refractivity contribution >= 4 is 11.3 Å². The molecule has 23 heavy (non-hydrogen) atoms. The Morgan fingerprint density at radius 1 is 1.17 bits per heavy atom. The van der Waals surface area contributed by atoms with Gasteiger partial charge in [0.15, 0.2) is 0 Å². The van der Waals surface area contributed by atoms with E-state index in [4.69, 9.17) is 4.52 Å². The fraction of sp³-hybridized carbons (Fsp3) is 0.333. The van der Waals surface area contributed by atoms with Gasteiger partial charge < -0.3 is 9.63 Å². The van der Waals surface area contributed by atoms with Crippen molar-refractivity contribution in [3.05, 3.63) is 40.3 Å². The highest BCUT2D eigenvalue weighted by atomic mass is 32.1. The summed E-state index contributed by atoms with van der Waals surface area (Å²) in [4.78, 5) is 6.85. The molecule has 0 spiro atoms. The van der Waals surface area contributed by atoms with E-state index in [-0.39, 0.29) is 0 Å². The van der Waals surface area contributed by atoms with Gasteiger partial charge in [0, 0.05) is 10.4 Å². The first-order chi connectivity index (χ1) is 11.1. The van der Waals surface area contributed by atoms with E-state index in [1.165, 1.54) is 17.7 Å². The molecule has 120 valence electrons.